The molecule has 1 N–H and O–H groups in total. The quantitative estimate of drug-likeness (QED) is 0.627. The molecule has 4 heterocycles. The summed E-state index contributed by atoms with van der Waals surface area (Å²) in [5.74, 6) is 0.565. The number of rotatable bonds is 4. The summed E-state index contributed by atoms with van der Waals surface area (Å²) < 4.78 is 2.24. The van der Waals surface area contributed by atoms with Crippen LogP contribution in [0.4, 0.5) is 5.82 Å². The molecule has 9 heteroatoms. The van der Waals surface area contributed by atoms with Crippen molar-refractivity contribution in [1.82, 2.24) is 24.6 Å². The molecule has 3 atom stereocenters. The summed E-state index contributed by atoms with van der Waals surface area (Å²) in [7, 11) is 0. The summed E-state index contributed by atoms with van der Waals surface area (Å²) >= 11 is 3.30. The highest BCUT2D eigenvalue weighted by Crippen LogP contribution is 2.48. The van der Waals surface area contributed by atoms with Gasteiger partial charge >= 0.3 is 0 Å². The van der Waals surface area contributed by atoms with Crippen LogP contribution in [-0.2, 0) is 16.1 Å². The summed E-state index contributed by atoms with van der Waals surface area (Å²) in [5, 5.41) is 8.00. The molecule has 1 aliphatic carbocycles. The van der Waals surface area contributed by atoms with E-state index in [2.05, 4.69) is 36.3 Å². The number of hydrogen-bond donors (Lipinski definition) is 1. The Morgan fingerprint density at radius 3 is 2.96 bits per heavy atom. The fourth-order valence-corrected chi connectivity index (χ4v) is 4.32. The van der Waals surface area contributed by atoms with E-state index in [1.807, 2.05) is 12.1 Å². The van der Waals surface area contributed by atoms with E-state index in [1.165, 1.54) is 0 Å². The highest BCUT2D eigenvalue weighted by molar-refractivity contribution is 9.10. The van der Waals surface area contributed by atoms with Crippen LogP contribution >= 0.6 is 15.9 Å². The molecule has 5 rings (SSSR count). The second-order valence-corrected chi connectivity index (χ2v) is 7.98. The van der Waals surface area contributed by atoms with Crippen molar-refractivity contribution in [1.29, 1.82) is 0 Å². The third kappa shape index (κ3) is 3.05. The molecule has 28 heavy (non-hydrogen) atoms. The number of aromatic nitrogens is 4. The predicted octanol–water partition coefficient (Wildman–Crippen LogP) is 2.22. The first-order chi connectivity index (χ1) is 13.6. The Kier molecular flexibility index (Phi) is 4.12. The monoisotopic (exact) mass is 440 g/mol. The Hall–Kier alpha value is -2.81. The second-order valence-electron chi connectivity index (χ2n) is 7.17. The van der Waals surface area contributed by atoms with Crippen LogP contribution in [0.5, 0.6) is 0 Å². The summed E-state index contributed by atoms with van der Waals surface area (Å²) in [4.78, 5) is 36.2. The SMILES string of the molecule is O=C(Nc1cccc(Br)n1)[C@@H]1C[C@H]2C[C@H]2N1C(=O)Cn1ncc2cccnc21. The molecule has 1 saturated heterocycles. The van der Waals surface area contributed by atoms with Gasteiger partial charge in [-0.2, -0.15) is 5.10 Å². The highest BCUT2D eigenvalue weighted by Gasteiger charge is 2.56. The minimum atomic E-state index is -0.480. The Morgan fingerprint density at radius 1 is 1.21 bits per heavy atom. The lowest BCUT2D eigenvalue weighted by Crippen LogP contribution is -2.46. The number of piperidine rings is 1. The first-order valence-corrected chi connectivity index (χ1v) is 9.90. The van der Waals surface area contributed by atoms with Gasteiger partial charge in [0.15, 0.2) is 5.65 Å². The van der Waals surface area contributed by atoms with Gasteiger partial charge in [-0.1, -0.05) is 6.07 Å². The lowest BCUT2D eigenvalue weighted by Gasteiger charge is -2.26. The van der Waals surface area contributed by atoms with Gasteiger partial charge in [0.2, 0.25) is 11.8 Å². The third-order valence-electron chi connectivity index (χ3n) is 5.34. The van der Waals surface area contributed by atoms with Crippen molar-refractivity contribution in [2.24, 2.45) is 5.92 Å². The van der Waals surface area contributed by atoms with E-state index in [0.717, 1.165) is 11.8 Å². The molecule has 142 valence electrons. The lowest BCUT2D eigenvalue weighted by atomic mass is 10.1. The molecule has 0 unspecified atom stereocenters. The number of halogens is 1. The maximum Gasteiger partial charge on any atom is 0.248 e. The van der Waals surface area contributed by atoms with Crippen molar-refractivity contribution in [2.75, 3.05) is 5.32 Å². The third-order valence-corrected chi connectivity index (χ3v) is 5.79. The minimum absolute atomic E-state index is 0.0721. The van der Waals surface area contributed by atoms with Gasteiger partial charge in [0.05, 0.1) is 6.20 Å². The number of nitrogens with zero attached hydrogens (tertiary/aromatic N) is 5. The van der Waals surface area contributed by atoms with Crippen molar-refractivity contribution in [3.8, 4) is 0 Å². The molecule has 2 fully saturated rings. The molecular weight excluding hydrogens is 424 g/mol. The fraction of sp³-hybridized carbons (Fsp3) is 0.316. The largest absolute Gasteiger partial charge is 0.326 e. The van der Waals surface area contributed by atoms with Crippen LogP contribution in [0.15, 0.2) is 47.3 Å². The second kappa shape index (κ2) is 6.66. The average molecular weight is 441 g/mol. The van der Waals surface area contributed by atoms with E-state index in [9.17, 15) is 9.59 Å². The van der Waals surface area contributed by atoms with Gasteiger partial charge in [0.1, 0.15) is 23.0 Å². The summed E-state index contributed by atoms with van der Waals surface area (Å²) in [6, 6.07) is 8.73. The van der Waals surface area contributed by atoms with Gasteiger partial charge in [0.25, 0.3) is 0 Å². The van der Waals surface area contributed by atoms with E-state index >= 15 is 0 Å². The molecule has 0 bridgehead atoms. The molecule has 2 amide bonds. The van der Waals surface area contributed by atoms with Crippen LogP contribution in [0.2, 0.25) is 0 Å². The molecule has 0 radical (unpaired) electrons. The summed E-state index contributed by atoms with van der Waals surface area (Å²) in [6.45, 7) is 0.0721. The zero-order valence-electron chi connectivity index (χ0n) is 14.8. The Morgan fingerprint density at radius 2 is 2.11 bits per heavy atom. The zero-order valence-corrected chi connectivity index (χ0v) is 16.4. The first kappa shape index (κ1) is 17.3. The van der Waals surface area contributed by atoms with Gasteiger partial charge in [0, 0.05) is 17.6 Å². The number of pyridine rings is 2. The van der Waals surface area contributed by atoms with Gasteiger partial charge in [-0.3, -0.25) is 9.59 Å². The number of hydrogen-bond acceptors (Lipinski definition) is 5. The van der Waals surface area contributed by atoms with Gasteiger partial charge < -0.3 is 10.2 Å². The minimum Gasteiger partial charge on any atom is -0.326 e. The number of carbonyl (C=O) groups excluding carboxylic acids is 2. The standard InChI is InChI=1S/C19H17BrN6O2/c20-15-4-1-5-16(23-15)24-19(28)14-8-12-7-13(12)26(14)17(27)10-25-18-11(9-22-25)3-2-6-21-18/h1-6,9,12-14H,7-8,10H2,(H,23,24,28)/t12-,13-,14+/m1/s1. The first-order valence-electron chi connectivity index (χ1n) is 9.11. The molecule has 3 aromatic heterocycles. The normalized spacial score (nSPS) is 22.9. The zero-order chi connectivity index (χ0) is 19.3. The average Bonchev–Trinajstić information content (AvgIpc) is 3.16. The Balaban J connectivity index is 1.34. The number of fused-ring (bicyclic) bond motifs is 2. The Labute approximate surface area is 169 Å². The smallest absolute Gasteiger partial charge is 0.248 e. The molecular formula is C19H17BrN6O2. The van der Waals surface area contributed by atoms with Crippen molar-refractivity contribution in [3.05, 3.63) is 47.3 Å². The van der Waals surface area contributed by atoms with Crippen molar-refractivity contribution >= 4 is 44.6 Å². The van der Waals surface area contributed by atoms with Gasteiger partial charge in [-0.25, -0.2) is 14.6 Å². The van der Waals surface area contributed by atoms with Crippen molar-refractivity contribution in [2.45, 2.75) is 31.5 Å². The van der Waals surface area contributed by atoms with E-state index in [4.69, 9.17) is 0 Å². The topological polar surface area (TPSA) is 93.0 Å². The van der Waals surface area contributed by atoms with Crippen molar-refractivity contribution in [3.63, 3.8) is 0 Å². The molecule has 0 spiro atoms. The predicted molar refractivity (Wildman–Crippen MR) is 105 cm³/mol. The number of anilines is 1. The highest BCUT2D eigenvalue weighted by atomic mass is 79.9. The van der Waals surface area contributed by atoms with Gasteiger partial charge in [-0.05, 0) is 59.0 Å². The van der Waals surface area contributed by atoms with Gasteiger partial charge in [-0.15, -0.1) is 0 Å². The van der Waals surface area contributed by atoms with Crippen LogP contribution in [0.1, 0.15) is 12.8 Å². The molecule has 1 saturated carbocycles. The number of carbonyl (C=O) groups is 2. The van der Waals surface area contributed by atoms with Crippen LogP contribution in [0, 0.1) is 5.92 Å². The van der Waals surface area contributed by atoms with E-state index < -0.39 is 6.04 Å². The van der Waals surface area contributed by atoms with Crippen LogP contribution < -0.4 is 5.32 Å². The maximum absolute atomic E-state index is 13.0. The van der Waals surface area contributed by atoms with E-state index in [1.54, 1.807) is 40.2 Å². The molecule has 1 aliphatic heterocycles. The molecule has 8 nitrogen and oxygen atoms in total. The summed E-state index contributed by atoms with van der Waals surface area (Å²) in [5.41, 5.74) is 0.668. The van der Waals surface area contributed by atoms with Crippen LogP contribution in [0.25, 0.3) is 11.0 Å². The Bertz CT molecular complexity index is 1080. The fourth-order valence-electron chi connectivity index (χ4n) is 3.97. The molecule has 0 aromatic carbocycles. The van der Waals surface area contributed by atoms with Crippen LogP contribution in [-0.4, -0.2) is 48.5 Å². The molecule has 2 aliphatic rings. The molecule has 3 aromatic rings. The number of amides is 2. The van der Waals surface area contributed by atoms with Crippen molar-refractivity contribution < 1.29 is 9.59 Å². The number of nitrogens with one attached hydrogen (secondary N) is 1. The lowest BCUT2D eigenvalue weighted by molar-refractivity contribution is -0.138. The van der Waals surface area contributed by atoms with Crippen LogP contribution in [0.3, 0.4) is 0 Å². The summed E-state index contributed by atoms with van der Waals surface area (Å²) in [6.07, 6.45) is 5.03. The van der Waals surface area contributed by atoms with E-state index in [-0.39, 0.29) is 24.4 Å². The maximum atomic E-state index is 13.0. The van der Waals surface area contributed by atoms with E-state index in [0.29, 0.717) is 28.4 Å². The number of likely N-dealkylation sites (tertiary alicyclic amines) is 1.